The minimum atomic E-state index is -3.90. The number of rotatable bonds is 11. The molecule has 0 saturated carbocycles. The molecule has 2 aromatic rings. The molecule has 0 spiro atoms. The maximum atomic E-state index is 13.4. The van der Waals surface area contributed by atoms with Gasteiger partial charge in [-0.25, -0.2) is 8.42 Å². The van der Waals surface area contributed by atoms with E-state index in [9.17, 15) is 18.3 Å². The van der Waals surface area contributed by atoms with Gasteiger partial charge >= 0.3 is 0 Å². The highest BCUT2D eigenvalue weighted by Crippen LogP contribution is 2.21. The topological polar surface area (TPSA) is 139 Å². The van der Waals surface area contributed by atoms with Gasteiger partial charge in [-0.05, 0) is 47.6 Å². The molecular weight excluding hydrogens is 464 g/mol. The molecule has 0 aromatic heterocycles. The standard InChI is InChI=1S/C26H40N4O4S/c1-18(2)16-30(35(33,34)21-13-11-20(27)12-14-21)17-23(31)22(15-19-9-7-6-8-10-19)29-25(32)24(28)26(3,4)5/h6-14,18,22-24,31H,15-17,27-28H2,1-5H3,(H,29,32). The molecule has 194 valence electrons. The van der Waals surface area contributed by atoms with Gasteiger partial charge < -0.3 is 21.9 Å². The highest BCUT2D eigenvalue weighted by molar-refractivity contribution is 7.89. The molecule has 0 heterocycles. The normalized spacial score (nSPS) is 15.1. The SMILES string of the molecule is CC(C)CN(CC(O)C(Cc1ccccc1)NC(=O)C(N)C(C)(C)C)S(=O)(=O)c1ccc(N)cc1. The highest BCUT2D eigenvalue weighted by Gasteiger charge is 2.34. The number of aliphatic hydroxyl groups excluding tert-OH is 1. The lowest BCUT2D eigenvalue weighted by atomic mass is 9.86. The second-order valence-electron chi connectivity index (χ2n) is 10.5. The molecule has 8 nitrogen and oxygen atoms in total. The number of hydrogen-bond acceptors (Lipinski definition) is 6. The molecule has 0 bridgehead atoms. The van der Waals surface area contributed by atoms with E-state index in [2.05, 4.69) is 5.32 Å². The van der Waals surface area contributed by atoms with Crippen LogP contribution in [0.2, 0.25) is 0 Å². The summed E-state index contributed by atoms with van der Waals surface area (Å²) in [5, 5.41) is 14.1. The van der Waals surface area contributed by atoms with Crippen LogP contribution < -0.4 is 16.8 Å². The Balaban J connectivity index is 2.34. The third kappa shape index (κ3) is 8.31. The van der Waals surface area contributed by atoms with Gasteiger partial charge in [-0.2, -0.15) is 4.31 Å². The molecule has 0 saturated heterocycles. The van der Waals surface area contributed by atoms with Crippen molar-refractivity contribution in [2.24, 2.45) is 17.1 Å². The summed E-state index contributed by atoms with van der Waals surface area (Å²) < 4.78 is 28.1. The second kappa shape index (κ2) is 12.0. The monoisotopic (exact) mass is 504 g/mol. The molecule has 3 unspecified atom stereocenters. The first-order valence-electron chi connectivity index (χ1n) is 11.9. The molecule has 0 aliphatic heterocycles. The van der Waals surface area contributed by atoms with Crippen molar-refractivity contribution in [3.63, 3.8) is 0 Å². The molecule has 2 aromatic carbocycles. The van der Waals surface area contributed by atoms with Crippen LogP contribution in [0.1, 0.15) is 40.2 Å². The van der Waals surface area contributed by atoms with Crippen molar-refractivity contribution in [2.45, 2.75) is 64.1 Å². The summed E-state index contributed by atoms with van der Waals surface area (Å²) in [6.45, 7) is 9.42. The number of aliphatic hydroxyl groups is 1. The lowest BCUT2D eigenvalue weighted by molar-refractivity contribution is -0.126. The predicted octanol–water partition coefficient (Wildman–Crippen LogP) is 2.38. The zero-order valence-electron chi connectivity index (χ0n) is 21.3. The molecule has 35 heavy (non-hydrogen) atoms. The fourth-order valence-corrected chi connectivity index (χ4v) is 5.24. The van der Waals surface area contributed by atoms with Gasteiger partial charge in [0.2, 0.25) is 15.9 Å². The maximum Gasteiger partial charge on any atom is 0.243 e. The first-order valence-corrected chi connectivity index (χ1v) is 13.3. The lowest BCUT2D eigenvalue weighted by Gasteiger charge is -2.33. The Bertz CT molecular complexity index is 1050. The van der Waals surface area contributed by atoms with Crippen LogP contribution in [0, 0.1) is 11.3 Å². The highest BCUT2D eigenvalue weighted by atomic mass is 32.2. The van der Waals surface area contributed by atoms with Gasteiger partial charge in [0, 0.05) is 18.8 Å². The molecule has 0 aliphatic carbocycles. The van der Waals surface area contributed by atoms with Gasteiger partial charge in [0.05, 0.1) is 23.1 Å². The van der Waals surface area contributed by atoms with Crippen LogP contribution in [0.5, 0.6) is 0 Å². The van der Waals surface area contributed by atoms with Crippen LogP contribution in [-0.2, 0) is 21.2 Å². The first-order chi connectivity index (χ1) is 16.2. The largest absolute Gasteiger partial charge is 0.399 e. The fourth-order valence-electron chi connectivity index (χ4n) is 3.62. The Kier molecular flexibility index (Phi) is 9.85. The Hall–Kier alpha value is -2.46. The lowest BCUT2D eigenvalue weighted by Crippen LogP contribution is -2.56. The molecule has 3 atom stereocenters. The van der Waals surface area contributed by atoms with Crippen LogP contribution in [0.15, 0.2) is 59.5 Å². The van der Waals surface area contributed by atoms with Gasteiger partial charge in [-0.15, -0.1) is 0 Å². The van der Waals surface area contributed by atoms with Crippen molar-refractivity contribution in [3.05, 3.63) is 60.2 Å². The van der Waals surface area contributed by atoms with Crippen molar-refractivity contribution in [3.8, 4) is 0 Å². The van der Waals surface area contributed by atoms with Gasteiger partial charge in [-0.1, -0.05) is 65.0 Å². The summed E-state index contributed by atoms with van der Waals surface area (Å²) >= 11 is 0. The molecule has 0 fully saturated rings. The van der Waals surface area contributed by atoms with Gasteiger partial charge in [-0.3, -0.25) is 4.79 Å². The Labute approximate surface area is 209 Å². The smallest absolute Gasteiger partial charge is 0.243 e. The number of benzene rings is 2. The van der Waals surface area contributed by atoms with E-state index in [4.69, 9.17) is 11.5 Å². The van der Waals surface area contributed by atoms with E-state index in [0.717, 1.165) is 5.56 Å². The van der Waals surface area contributed by atoms with Gasteiger partial charge in [0.1, 0.15) is 0 Å². The number of nitrogens with one attached hydrogen (secondary N) is 1. The minimum Gasteiger partial charge on any atom is -0.399 e. The summed E-state index contributed by atoms with van der Waals surface area (Å²) in [4.78, 5) is 13.0. The summed E-state index contributed by atoms with van der Waals surface area (Å²) in [6.07, 6.45) is -0.851. The van der Waals surface area contributed by atoms with Gasteiger partial charge in [0.15, 0.2) is 0 Å². The summed E-state index contributed by atoms with van der Waals surface area (Å²) in [6, 6.07) is 13.9. The number of sulfonamides is 1. The van der Waals surface area contributed by atoms with Crippen molar-refractivity contribution in [1.29, 1.82) is 0 Å². The average Bonchev–Trinajstić information content (AvgIpc) is 2.77. The number of nitrogens with zero attached hydrogens (tertiary/aromatic N) is 1. The number of nitrogens with two attached hydrogens (primary N) is 2. The van der Waals surface area contributed by atoms with Crippen molar-refractivity contribution < 1.29 is 18.3 Å². The fraction of sp³-hybridized carbons (Fsp3) is 0.500. The van der Waals surface area contributed by atoms with E-state index in [1.807, 2.05) is 65.0 Å². The van der Waals surface area contributed by atoms with Crippen LogP contribution in [-0.4, -0.2) is 55.0 Å². The zero-order chi connectivity index (χ0) is 26.4. The molecular formula is C26H40N4O4S. The summed E-state index contributed by atoms with van der Waals surface area (Å²) in [7, 11) is -3.90. The Morgan fingerprint density at radius 1 is 1.03 bits per heavy atom. The minimum absolute atomic E-state index is 0.0160. The van der Waals surface area contributed by atoms with Gasteiger partial charge in [0.25, 0.3) is 0 Å². The number of anilines is 1. The molecule has 2 rings (SSSR count). The van der Waals surface area contributed by atoms with E-state index in [1.165, 1.54) is 28.6 Å². The van der Waals surface area contributed by atoms with Crippen LogP contribution in [0.4, 0.5) is 5.69 Å². The third-order valence-electron chi connectivity index (χ3n) is 5.78. The molecule has 0 radical (unpaired) electrons. The van der Waals surface area contributed by atoms with Crippen LogP contribution in [0.3, 0.4) is 0 Å². The number of amides is 1. The van der Waals surface area contributed by atoms with E-state index in [-0.39, 0.29) is 23.9 Å². The molecule has 0 aliphatic rings. The zero-order valence-corrected chi connectivity index (χ0v) is 22.1. The van der Waals surface area contributed by atoms with Crippen LogP contribution >= 0.6 is 0 Å². The van der Waals surface area contributed by atoms with E-state index in [1.54, 1.807) is 0 Å². The average molecular weight is 505 g/mol. The predicted molar refractivity (Wildman–Crippen MR) is 140 cm³/mol. The number of nitrogen functional groups attached to an aromatic ring is 1. The maximum absolute atomic E-state index is 13.4. The Morgan fingerprint density at radius 3 is 2.11 bits per heavy atom. The number of carbonyl (C=O) groups is 1. The van der Waals surface area contributed by atoms with E-state index < -0.39 is 39.5 Å². The van der Waals surface area contributed by atoms with E-state index >= 15 is 0 Å². The number of hydrogen-bond donors (Lipinski definition) is 4. The second-order valence-corrected chi connectivity index (χ2v) is 12.4. The van der Waals surface area contributed by atoms with Crippen molar-refractivity contribution >= 4 is 21.6 Å². The van der Waals surface area contributed by atoms with E-state index in [0.29, 0.717) is 12.1 Å². The summed E-state index contributed by atoms with van der Waals surface area (Å²) in [5.41, 5.74) is 12.8. The Morgan fingerprint density at radius 2 is 1.60 bits per heavy atom. The molecule has 9 heteroatoms. The summed E-state index contributed by atoms with van der Waals surface area (Å²) in [5.74, 6) is -0.378. The molecule has 1 amide bonds. The molecule has 6 N–H and O–H groups in total. The first kappa shape index (κ1) is 28.8. The van der Waals surface area contributed by atoms with Crippen molar-refractivity contribution in [1.82, 2.24) is 9.62 Å². The number of carbonyl (C=O) groups excluding carboxylic acids is 1. The van der Waals surface area contributed by atoms with Crippen LogP contribution in [0.25, 0.3) is 0 Å². The quantitative estimate of drug-likeness (QED) is 0.347. The van der Waals surface area contributed by atoms with Crippen molar-refractivity contribution in [2.75, 3.05) is 18.8 Å². The third-order valence-corrected chi connectivity index (χ3v) is 7.63.